The molecule has 1 heterocycles. The van der Waals surface area contributed by atoms with Crippen LogP contribution in [0.5, 0.6) is 0 Å². The summed E-state index contributed by atoms with van der Waals surface area (Å²) in [4.78, 5) is 2.13. The molecular formula is C16H21F2N. The van der Waals surface area contributed by atoms with Gasteiger partial charge in [0.05, 0.1) is 0 Å². The summed E-state index contributed by atoms with van der Waals surface area (Å²) < 4.78 is 27.2. The van der Waals surface area contributed by atoms with Crippen LogP contribution in [0.3, 0.4) is 0 Å². The molecule has 2 aliphatic rings. The lowest BCUT2D eigenvalue weighted by Crippen LogP contribution is -2.27. The van der Waals surface area contributed by atoms with Crippen LogP contribution in [0.15, 0.2) is 12.1 Å². The Morgan fingerprint density at radius 1 is 1.05 bits per heavy atom. The van der Waals surface area contributed by atoms with Crippen molar-refractivity contribution in [3.63, 3.8) is 0 Å². The summed E-state index contributed by atoms with van der Waals surface area (Å²) in [5.41, 5.74) is 1.16. The summed E-state index contributed by atoms with van der Waals surface area (Å²) in [5, 5.41) is 0. The van der Waals surface area contributed by atoms with E-state index in [9.17, 15) is 8.78 Å². The molecule has 0 N–H and O–H groups in total. The number of halogens is 2. The van der Waals surface area contributed by atoms with E-state index in [-0.39, 0.29) is 5.56 Å². The van der Waals surface area contributed by atoms with E-state index in [2.05, 4.69) is 25.7 Å². The number of fused-ring (bicyclic) bond motifs is 1. The third-order valence-electron chi connectivity index (χ3n) is 4.82. The minimum absolute atomic E-state index is 0.112. The fourth-order valence-corrected chi connectivity index (χ4v) is 3.84. The van der Waals surface area contributed by atoms with E-state index in [1.165, 1.54) is 19.1 Å². The highest BCUT2D eigenvalue weighted by molar-refractivity contribution is 5.51. The molecule has 0 spiro atoms. The molecule has 1 saturated carbocycles. The Bertz CT molecular complexity index is 483. The summed E-state index contributed by atoms with van der Waals surface area (Å²) in [6.07, 6.45) is 0. The van der Waals surface area contributed by atoms with Gasteiger partial charge in [0.1, 0.15) is 11.6 Å². The van der Waals surface area contributed by atoms with Crippen molar-refractivity contribution in [3.8, 4) is 0 Å². The van der Waals surface area contributed by atoms with Crippen molar-refractivity contribution < 1.29 is 8.78 Å². The Labute approximate surface area is 113 Å². The van der Waals surface area contributed by atoms with E-state index in [0.29, 0.717) is 22.9 Å². The van der Waals surface area contributed by atoms with Crippen molar-refractivity contribution in [2.45, 2.75) is 27.7 Å². The predicted octanol–water partition coefficient (Wildman–Crippen LogP) is 4.00. The van der Waals surface area contributed by atoms with Crippen molar-refractivity contribution in [1.82, 2.24) is 0 Å². The SMILES string of the molecule is Cc1c(F)cc(N2CC3C(C2)C3C(C)(C)C)cc1F. The van der Waals surface area contributed by atoms with E-state index in [1.54, 1.807) is 0 Å². The highest BCUT2D eigenvalue weighted by atomic mass is 19.1. The Morgan fingerprint density at radius 2 is 1.53 bits per heavy atom. The molecule has 2 fully saturated rings. The van der Waals surface area contributed by atoms with Gasteiger partial charge in [-0.15, -0.1) is 0 Å². The number of hydrogen-bond donors (Lipinski definition) is 0. The van der Waals surface area contributed by atoms with Crippen molar-refractivity contribution in [1.29, 1.82) is 0 Å². The lowest BCUT2D eigenvalue weighted by Gasteiger charge is -2.27. The van der Waals surface area contributed by atoms with E-state index < -0.39 is 11.6 Å². The van der Waals surface area contributed by atoms with Crippen LogP contribution < -0.4 is 4.90 Å². The van der Waals surface area contributed by atoms with Crippen LogP contribution in [0.4, 0.5) is 14.5 Å². The summed E-state index contributed by atoms with van der Waals surface area (Å²) in [7, 11) is 0. The first-order chi connectivity index (χ1) is 8.79. The zero-order valence-electron chi connectivity index (χ0n) is 12.0. The average molecular weight is 265 g/mol. The Kier molecular flexibility index (Phi) is 2.67. The highest BCUT2D eigenvalue weighted by Crippen LogP contribution is 2.60. The number of benzene rings is 1. The molecule has 104 valence electrons. The lowest BCUT2D eigenvalue weighted by molar-refractivity contribution is 0.309. The fraction of sp³-hybridized carbons (Fsp3) is 0.625. The first-order valence-corrected chi connectivity index (χ1v) is 6.99. The van der Waals surface area contributed by atoms with E-state index in [4.69, 9.17) is 0 Å². The minimum Gasteiger partial charge on any atom is -0.371 e. The molecule has 1 aliphatic carbocycles. The summed E-state index contributed by atoms with van der Waals surface area (Å²) in [5.74, 6) is 1.29. The lowest BCUT2D eigenvalue weighted by atomic mass is 9.87. The molecule has 3 heteroatoms. The number of hydrogen-bond acceptors (Lipinski definition) is 1. The molecule has 1 aromatic rings. The zero-order valence-corrected chi connectivity index (χ0v) is 12.0. The monoisotopic (exact) mass is 265 g/mol. The number of piperidine rings is 1. The van der Waals surface area contributed by atoms with E-state index in [0.717, 1.165) is 19.0 Å². The largest absolute Gasteiger partial charge is 0.371 e. The quantitative estimate of drug-likeness (QED) is 0.742. The van der Waals surface area contributed by atoms with Crippen LogP contribution in [0.1, 0.15) is 26.3 Å². The van der Waals surface area contributed by atoms with Crippen LogP contribution in [0, 0.1) is 41.7 Å². The van der Waals surface area contributed by atoms with Gasteiger partial charge < -0.3 is 4.90 Å². The standard InChI is InChI=1S/C16H21F2N/c1-9-13(17)5-10(6-14(9)18)19-7-11-12(8-19)15(11)16(2,3)4/h5-6,11-12,15H,7-8H2,1-4H3. The molecule has 0 bridgehead atoms. The van der Waals surface area contributed by atoms with E-state index in [1.807, 2.05) is 0 Å². The van der Waals surface area contributed by atoms with Crippen LogP contribution in [-0.4, -0.2) is 13.1 Å². The molecule has 0 aromatic heterocycles. The van der Waals surface area contributed by atoms with E-state index >= 15 is 0 Å². The predicted molar refractivity (Wildman–Crippen MR) is 73.2 cm³/mol. The van der Waals surface area contributed by atoms with Gasteiger partial charge in [-0.3, -0.25) is 0 Å². The Balaban J connectivity index is 1.75. The normalized spacial score (nSPS) is 29.6. The van der Waals surface area contributed by atoms with Crippen molar-refractivity contribution in [2.24, 2.45) is 23.2 Å². The summed E-state index contributed by atoms with van der Waals surface area (Å²) in [6.45, 7) is 10.2. The van der Waals surface area contributed by atoms with Crippen LogP contribution in [-0.2, 0) is 0 Å². The number of nitrogens with zero attached hydrogens (tertiary/aromatic N) is 1. The Hall–Kier alpha value is -1.12. The van der Waals surface area contributed by atoms with Gasteiger partial charge in [-0.2, -0.15) is 0 Å². The van der Waals surface area contributed by atoms with Crippen LogP contribution >= 0.6 is 0 Å². The molecule has 1 nitrogen and oxygen atoms in total. The van der Waals surface area contributed by atoms with Gasteiger partial charge >= 0.3 is 0 Å². The van der Waals surface area contributed by atoms with Gasteiger partial charge in [0.25, 0.3) is 0 Å². The third kappa shape index (κ3) is 2.03. The molecule has 1 aliphatic heterocycles. The molecule has 1 aromatic carbocycles. The van der Waals surface area contributed by atoms with Gasteiger partial charge in [-0.1, -0.05) is 20.8 Å². The average Bonchev–Trinajstić information content (AvgIpc) is 2.83. The number of anilines is 1. The van der Waals surface area contributed by atoms with Crippen molar-refractivity contribution in [3.05, 3.63) is 29.3 Å². The van der Waals surface area contributed by atoms with Gasteiger partial charge in [0.2, 0.25) is 0 Å². The summed E-state index contributed by atoms with van der Waals surface area (Å²) >= 11 is 0. The maximum Gasteiger partial charge on any atom is 0.131 e. The molecule has 2 atom stereocenters. The van der Waals surface area contributed by atoms with Gasteiger partial charge in [0, 0.05) is 24.3 Å². The second-order valence-corrected chi connectivity index (χ2v) is 7.16. The van der Waals surface area contributed by atoms with Gasteiger partial charge in [-0.25, -0.2) is 8.78 Å². The summed E-state index contributed by atoms with van der Waals surface area (Å²) in [6, 6.07) is 2.94. The Morgan fingerprint density at radius 3 is 1.95 bits per heavy atom. The maximum absolute atomic E-state index is 13.6. The first kappa shape index (κ1) is 12.9. The van der Waals surface area contributed by atoms with Gasteiger partial charge in [-0.05, 0) is 42.2 Å². The second-order valence-electron chi connectivity index (χ2n) is 7.16. The van der Waals surface area contributed by atoms with Crippen molar-refractivity contribution >= 4 is 5.69 Å². The topological polar surface area (TPSA) is 3.24 Å². The molecule has 3 rings (SSSR count). The fourth-order valence-electron chi connectivity index (χ4n) is 3.84. The molecule has 19 heavy (non-hydrogen) atoms. The number of rotatable bonds is 1. The third-order valence-corrected chi connectivity index (χ3v) is 4.82. The molecule has 2 unspecified atom stereocenters. The molecule has 0 radical (unpaired) electrons. The van der Waals surface area contributed by atoms with Crippen LogP contribution in [0.2, 0.25) is 0 Å². The highest BCUT2D eigenvalue weighted by Gasteiger charge is 2.59. The second kappa shape index (κ2) is 3.94. The smallest absolute Gasteiger partial charge is 0.131 e. The van der Waals surface area contributed by atoms with Crippen molar-refractivity contribution in [2.75, 3.05) is 18.0 Å². The molecular weight excluding hydrogens is 244 g/mol. The molecule has 0 amide bonds. The molecule has 1 saturated heterocycles. The minimum atomic E-state index is -0.442. The maximum atomic E-state index is 13.6. The first-order valence-electron chi connectivity index (χ1n) is 6.99. The van der Waals surface area contributed by atoms with Gasteiger partial charge in [0.15, 0.2) is 0 Å². The van der Waals surface area contributed by atoms with Crippen LogP contribution in [0.25, 0.3) is 0 Å². The zero-order chi connectivity index (χ0) is 13.9.